The third kappa shape index (κ3) is 4.51. The Bertz CT molecular complexity index is 260. The molecule has 0 amide bonds. The van der Waals surface area contributed by atoms with Crippen LogP contribution in [0.25, 0.3) is 0 Å². The van der Waals surface area contributed by atoms with Crippen LogP contribution in [0.5, 0.6) is 0 Å². The summed E-state index contributed by atoms with van der Waals surface area (Å²) in [4.78, 5) is 11.1. The van der Waals surface area contributed by atoms with Crippen molar-refractivity contribution in [2.75, 3.05) is 12.8 Å². The van der Waals surface area contributed by atoms with E-state index in [2.05, 4.69) is 12.2 Å². The summed E-state index contributed by atoms with van der Waals surface area (Å²) in [5.74, 6) is 1.02. The van der Waals surface area contributed by atoms with Crippen molar-refractivity contribution in [3.8, 4) is 0 Å². The molecule has 1 fully saturated rings. The average molecular weight is 259 g/mol. The molecule has 0 heterocycles. The van der Waals surface area contributed by atoms with E-state index in [1.54, 1.807) is 14.0 Å². The van der Waals surface area contributed by atoms with Gasteiger partial charge in [0.15, 0.2) is 0 Å². The number of hydrogen-bond donors (Lipinski definition) is 2. The average Bonchev–Trinajstić information content (AvgIpc) is 2.28. The summed E-state index contributed by atoms with van der Waals surface area (Å²) in [5, 5.41) is 12.8. The SMILES string of the molecule is CNC(C)(CCSC1CCCC(C)C1)C(=O)O. The monoisotopic (exact) mass is 259 g/mol. The Labute approximate surface area is 109 Å². The minimum absolute atomic E-state index is 0.689. The molecule has 3 atom stereocenters. The zero-order chi connectivity index (χ0) is 12.9. The maximum absolute atomic E-state index is 11.1. The maximum Gasteiger partial charge on any atom is 0.323 e. The quantitative estimate of drug-likeness (QED) is 0.770. The standard InChI is InChI=1S/C13H25NO2S/c1-10-5-4-6-11(9-10)17-8-7-13(2,14-3)12(15)16/h10-11,14H,4-9H2,1-3H3,(H,15,16). The summed E-state index contributed by atoms with van der Waals surface area (Å²) < 4.78 is 0. The van der Waals surface area contributed by atoms with E-state index in [4.69, 9.17) is 5.11 Å². The van der Waals surface area contributed by atoms with Gasteiger partial charge >= 0.3 is 5.97 Å². The number of carboxylic acids is 1. The highest BCUT2D eigenvalue weighted by molar-refractivity contribution is 7.99. The number of likely N-dealkylation sites (N-methyl/N-ethyl adjacent to an activating group) is 1. The molecule has 1 aliphatic carbocycles. The predicted molar refractivity (Wildman–Crippen MR) is 73.6 cm³/mol. The van der Waals surface area contributed by atoms with Gasteiger partial charge in [0.05, 0.1) is 0 Å². The summed E-state index contributed by atoms with van der Waals surface area (Å²) in [7, 11) is 1.72. The highest BCUT2D eigenvalue weighted by Crippen LogP contribution is 2.32. The lowest BCUT2D eigenvalue weighted by molar-refractivity contribution is -0.144. The van der Waals surface area contributed by atoms with Crippen LogP contribution < -0.4 is 5.32 Å². The van der Waals surface area contributed by atoms with E-state index in [9.17, 15) is 4.79 Å². The van der Waals surface area contributed by atoms with Gasteiger partial charge in [0.25, 0.3) is 0 Å². The molecular weight excluding hydrogens is 234 g/mol. The predicted octanol–water partition coefficient (Wildman–Crippen LogP) is 2.75. The van der Waals surface area contributed by atoms with Crippen LogP contribution in [0, 0.1) is 5.92 Å². The van der Waals surface area contributed by atoms with Crippen LogP contribution in [-0.4, -0.2) is 34.7 Å². The first-order chi connectivity index (χ1) is 7.98. The molecule has 0 aromatic carbocycles. The first-order valence-electron chi connectivity index (χ1n) is 6.52. The molecule has 0 radical (unpaired) electrons. The molecule has 4 heteroatoms. The molecule has 17 heavy (non-hydrogen) atoms. The summed E-state index contributed by atoms with van der Waals surface area (Å²) in [6, 6.07) is 0. The second-order valence-electron chi connectivity index (χ2n) is 5.40. The van der Waals surface area contributed by atoms with Crippen LogP contribution in [0.1, 0.15) is 46.0 Å². The van der Waals surface area contributed by atoms with E-state index in [0.717, 1.165) is 16.9 Å². The van der Waals surface area contributed by atoms with Gasteiger partial charge in [-0.05, 0) is 44.9 Å². The highest BCUT2D eigenvalue weighted by atomic mass is 32.2. The fourth-order valence-corrected chi connectivity index (χ4v) is 3.96. The Morgan fingerprint density at radius 3 is 2.76 bits per heavy atom. The fraction of sp³-hybridized carbons (Fsp3) is 0.923. The molecule has 0 aromatic rings. The summed E-state index contributed by atoms with van der Waals surface area (Å²) in [6.07, 6.45) is 5.99. The third-order valence-corrected chi connectivity index (χ3v) is 5.21. The molecule has 1 aliphatic rings. The van der Waals surface area contributed by atoms with E-state index >= 15 is 0 Å². The maximum atomic E-state index is 11.1. The first-order valence-corrected chi connectivity index (χ1v) is 7.56. The minimum atomic E-state index is -0.771. The van der Waals surface area contributed by atoms with Crippen molar-refractivity contribution in [3.63, 3.8) is 0 Å². The molecule has 0 aliphatic heterocycles. The summed E-state index contributed by atoms with van der Waals surface area (Å²) >= 11 is 1.96. The zero-order valence-electron chi connectivity index (χ0n) is 11.2. The van der Waals surface area contributed by atoms with Gasteiger partial charge in [-0.2, -0.15) is 11.8 Å². The lowest BCUT2D eigenvalue weighted by Gasteiger charge is -2.28. The highest BCUT2D eigenvalue weighted by Gasteiger charge is 2.31. The molecule has 100 valence electrons. The summed E-state index contributed by atoms with van der Waals surface area (Å²) in [5.41, 5.74) is -0.771. The van der Waals surface area contributed by atoms with Gasteiger partial charge < -0.3 is 10.4 Å². The van der Waals surface area contributed by atoms with Crippen LogP contribution in [0.15, 0.2) is 0 Å². The zero-order valence-corrected chi connectivity index (χ0v) is 12.0. The van der Waals surface area contributed by atoms with Crippen LogP contribution in [0.4, 0.5) is 0 Å². The molecule has 1 saturated carbocycles. The van der Waals surface area contributed by atoms with Crippen LogP contribution in [0.2, 0.25) is 0 Å². The molecule has 0 spiro atoms. The molecule has 3 unspecified atom stereocenters. The van der Waals surface area contributed by atoms with Gasteiger partial charge in [0.2, 0.25) is 0 Å². The molecule has 0 aromatic heterocycles. The van der Waals surface area contributed by atoms with Gasteiger partial charge in [0.1, 0.15) is 5.54 Å². The van der Waals surface area contributed by atoms with Crippen molar-refractivity contribution in [1.82, 2.24) is 5.32 Å². The largest absolute Gasteiger partial charge is 0.480 e. The number of nitrogens with one attached hydrogen (secondary N) is 1. The molecule has 3 nitrogen and oxygen atoms in total. The van der Waals surface area contributed by atoms with Gasteiger partial charge in [-0.25, -0.2) is 0 Å². The van der Waals surface area contributed by atoms with Crippen LogP contribution in [0.3, 0.4) is 0 Å². The number of aliphatic carboxylic acids is 1. The van der Waals surface area contributed by atoms with E-state index in [1.165, 1.54) is 25.7 Å². The number of thioether (sulfide) groups is 1. The minimum Gasteiger partial charge on any atom is -0.480 e. The van der Waals surface area contributed by atoms with Crippen molar-refractivity contribution in [3.05, 3.63) is 0 Å². The lowest BCUT2D eigenvalue weighted by Crippen LogP contribution is -2.48. The van der Waals surface area contributed by atoms with Crippen molar-refractivity contribution < 1.29 is 9.90 Å². The van der Waals surface area contributed by atoms with Crippen molar-refractivity contribution >= 4 is 17.7 Å². The second kappa shape index (κ2) is 6.64. The number of carboxylic acid groups (broad SMARTS) is 1. The van der Waals surface area contributed by atoms with Gasteiger partial charge in [-0.3, -0.25) is 4.79 Å². The lowest BCUT2D eigenvalue weighted by atomic mass is 9.91. The topological polar surface area (TPSA) is 49.3 Å². The fourth-order valence-electron chi connectivity index (χ4n) is 2.30. The van der Waals surface area contributed by atoms with Crippen molar-refractivity contribution in [1.29, 1.82) is 0 Å². The Morgan fingerprint density at radius 2 is 2.24 bits per heavy atom. The molecule has 0 bridgehead atoms. The number of carbonyl (C=O) groups is 1. The Kier molecular flexibility index (Phi) is 5.80. The van der Waals surface area contributed by atoms with Crippen LogP contribution >= 0.6 is 11.8 Å². The van der Waals surface area contributed by atoms with E-state index in [-0.39, 0.29) is 0 Å². The van der Waals surface area contributed by atoms with Gasteiger partial charge in [0, 0.05) is 5.25 Å². The second-order valence-corrected chi connectivity index (χ2v) is 6.81. The Balaban J connectivity index is 2.29. The van der Waals surface area contributed by atoms with E-state index < -0.39 is 11.5 Å². The Morgan fingerprint density at radius 1 is 1.53 bits per heavy atom. The molecule has 1 rings (SSSR count). The van der Waals surface area contributed by atoms with Crippen molar-refractivity contribution in [2.24, 2.45) is 5.92 Å². The van der Waals surface area contributed by atoms with Gasteiger partial charge in [-0.1, -0.05) is 19.8 Å². The van der Waals surface area contributed by atoms with Crippen molar-refractivity contribution in [2.45, 2.75) is 56.7 Å². The summed E-state index contributed by atoms with van der Waals surface area (Å²) in [6.45, 7) is 4.08. The smallest absolute Gasteiger partial charge is 0.323 e. The van der Waals surface area contributed by atoms with Crippen LogP contribution in [-0.2, 0) is 4.79 Å². The Hall–Kier alpha value is -0.220. The molecule has 0 saturated heterocycles. The van der Waals surface area contributed by atoms with E-state index in [1.807, 2.05) is 11.8 Å². The number of rotatable bonds is 6. The third-order valence-electron chi connectivity index (χ3n) is 3.87. The van der Waals surface area contributed by atoms with E-state index in [0.29, 0.717) is 6.42 Å². The van der Waals surface area contributed by atoms with Gasteiger partial charge in [-0.15, -0.1) is 0 Å². The normalized spacial score (nSPS) is 28.6. The molecule has 2 N–H and O–H groups in total. The first kappa shape index (κ1) is 14.8. The molecular formula is C13H25NO2S. The number of hydrogen-bond acceptors (Lipinski definition) is 3.